The van der Waals surface area contributed by atoms with Gasteiger partial charge in [0.1, 0.15) is 6.04 Å². The van der Waals surface area contributed by atoms with Gasteiger partial charge < -0.3 is 5.11 Å². The number of hydrogen-bond donors (Lipinski definition) is 1. The summed E-state index contributed by atoms with van der Waals surface area (Å²) in [6.45, 7) is 1.86. The van der Waals surface area contributed by atoms with Gasteiger partial charge in [-0.2, -0.15) is 4.31 Å². The summed E-state index contributed by atoms with van der Waals surface area (Å²) in [5.74, 6) is -1.20. The first-order chi connectivity index (χ1) is 11.2. The van der Waals surface area contributed by atoms with E-state index in [2.05, 4.69) is 0 Å². The van der Waals surface area contributed by atoms with Gasteiger partial charge in [0.2, 0.25) is 10.0 Å². The maximum Gasteiger partial charge on any atom is 0.322 e. The monoisotopic (exact) mass is 367 g/mol. The van der Waals surface area contributed by atoms with Crippen molar-refractivity contribution in [2.75, 3.05) is 7.05 Å². The molecule has 1 unspecified atom stereocenters. The number of carboxylic acid groups (broad SMARTS) is 1. The molecule has 0 aliphatic carbocycles. The summed E-state index contributed by atoms with van der Waals surface area (Å²) in [7, 11) is -2.66. The van der Waals surface area contributed by atoms with E-state index in [0.717, 1.165) is 15.4 Å². The van der Waals surface area contributed by atoms with Gasteiger partial charge in [-0.3, -0.25) is 4.79 Å². The van der Waals surface area contributed by atoms with Gasteiger partial charge in [0.05, 0.1) is 4.90 Å². The molecule has 0 spiro atoms. The minimum atomic E-state index is -3.94. The van der Waals surface area contributed by atoms with Crippen LogP contribution in [0.15, 0.2) is 53.4 Å². The predicted octanol–water partition coefficient (Wildman–Crippen LogP) is 2.96. The SMILES string of the molecule is Cc1ccccc1CC(C(=O)O)N(C)S(=O)(=O)c1ccc(Cl)cc1. The molecule has 2 aromatic carbocycles. The fourth-order valence-corrected chi connectivity index (χ4v) is 3.80. The number of rotatable bonds is 6. The van der Waals surface area contributed by atoms with Crippen molar-refractivity contribution in [3.63, 3.8) is 0 Å². The lowest BCUT2D eigenvalue weighted by molar-refractivity contribution is -0.141. The van der Waals surface area contributed by atoms with E-state index in [1.807, 2.05) is 19.1 Å². The standard InChI is InChI=1S/C17H18ClNO4S/c1-12-5-3-4-6-13(12)11-16(17(20)21)19(2)24(22,23)15-9-7-14(18)8-10-15/h3-10,16H,11H2,1-2H3,(H,20,21). The smallest absolute Gasteiger partial charge is 0.322 e. The average Bonchev–Trinajstić information content (AvgIpc) is 2.53. The van der Waals surface area contributed by atoms with Gasteiger partial charge in [0, 0.05) is 12.1 Å². The van der Waals surface area contributed by atoms with E-state index in [1.54, 1.807) is 12.1 Å². The van der Waals surface area contributed by atoms with Gasteiger partial charge >= 0.3 is 5.97 Å². The van der Waals surface area contributed by atoms with E-state index in [0.29, 0.717) is 5.02 Å². The number of benzene rings is 2. The molecule has 0 amide bonds. The molecule has 5 nitrogen and oxygen atoms in total. The van der Waals surface area contributed by atoms with Gasteiger partial charge in [-0.05, 0) is 48.7 Å². The van der Waals surface area contributed by atoms with Gasteiger partial charge in [0.15, 0.2) is 0 Å². The molecule has 0 aromatic heterocycles. The normalized spacial score (nSPS) is 13.0. The van der Waals surface area contributed by atoms with Crippen LogP contribution in [0.1, 0.15) is 11.1 Å². The summed E-state index contributed by atoms with van der Waals surface area (Å²) in [5, 5.41) is 9.93. The molecule has 0 radical (unpaired) electrons. The number of likely N-dealkylation sites (N-methyl/N-ethyl adjacent to an activating group) is 1. The van der Waals surface area contributed by atoms with Crippen molar-refractivity contribution in [2.24, 2.45) is 0 Å². The second kappa shape index (κ2) is 7.34. The van der Waals surface area contributed by atoms with Crippen LogP contribution in [0.3, 0.4) is 0 Å². The Hall–Kier alpha value is -1.89. The number of aliphatic carboxylic acids is 1. The van der Waals surface area contributed by atoms with Crippen LogP contribution in [-0.4, -0.2) is 36.9 Å². The van der Waals surface area contributed by atoms with Crippen LogP contribution in [0.4, 0.5) is 0 Å². The van der Waals surface area contributed by atoms with Gasteiger partial charge in [-0.1, -0.05) is 35.9 Å². The third-order valence-corrected chi connectivity index (χ3v) is 6.02. The summed E-state index contributed by atoms with van der Waals surface area (Å²) in [4.78, 5) is 11.7. The number of halogens is 1. The van der Waals surface area contributed by atoms with Crippen molar-refractivity contribution >= 4 is 27.6 Å². The topological polar surface area (TPSA) is 74.7 Å². The third-order valence-electron chi connectivity index (χ3n) is 3.89. The first-order valence-corrected chi connectivity index (χ1v) is 9.06. The summed E-state index contributed by atoms with van der Waals surface area (Å²) in [5.41, 5.74) is 1.71. The molecule has 2 aromatic rings. The van der Waals surface area contributed by atoms with Gasteiger partial charge in [-0.25, -0.2) is 8.42 Å². The molecule has 0 bridgehead atoms. The number of nitrogens with zero attached hydrogens (tertiary/aromatic N) is 1. The molecule has 0 aliphatic rings. The second-order valence-electron chi connectivity index (χ2n) is 5.46. The van der Waals surface area contributed by atoms with Crippen LogP contribution < -0.4 is 0 Å². The minimum Gasteiger partial charge on any atom is -0.480 e. The van der Waals surface area contributed by atoms with Crippen molar-refractivity contribution < 1.29 is 18.3 Å². The van der Waals surface area contributed by atoms with Crippen molar-refractivity contribution in [3.8, 4) is 0 Å². The van der Waals surface area contributed by atoms with Crippen molar-refractivity contribution in [1.82, 2.24) is 4.31 Å². The highest BCUT2D eigenvalue weighted by Gasteiger charge is 2.33. The lowest BCUT2D eigenvalue weighted by Gasteiger charge is -2.25. The molecule has 24 heavy (non-hydrogen) atoms. The molecule has 1 atom stereocenters. The molecule has 0 heterocycles. The molecule has 1 N–H and O–H groups in total. The van der Waals surface area contributed by atoms with Crippen LogP contribution in [0.25, 0.3) is 0 Å². The van der Waals surface area contributed by atoms with Crippen LogP contribution in [0.2, 0.25) is 5.02 Å². The molecule has 0 fully saturated rings. The number of carbonyl (C=O) groups is 1. The molecular formula is C17H18ClNO4S. The van der Waals surface area contributed by atoms with E-state index >= 15 is 0 Å². The summed E-state index contributed by atoms with van der Waals surface area (Å²) < 4.78 is 26.3. The Morgan fingerprint density at radius 2 is 1.75 bits per heavy atom. The number of hydrogen-bond acceptors (Lipinski definition) is 3. The second-order valence-corrected chi connectivity index (χ2v) is 7.89. The van der Waals surface area contributed by atoms with E-state index in [-0.39, 0.29) is 11.3 Å². The molecule has 0 saturated carbocycles. The first-order valence-electron chi connectivity index (χ1n) is 7.24. The summed E-state index contributed by atoms with van der Waals surface area (Å²) in [6, 6.07) is 11.8. The minimum absolute atomic E-state index is 0.00503. The third kappa shape index (κ3) is 3.95. The zero-order valence-electron chi connectivity index (χ0n) is 13.3. The quantitative estimate of drug-likeness (QED) is 0.851. The summed E-state index contributed by atoms with van der Waals surface area (Å²) in [6.07, 6.45) is 0.0886. The number of carboxylic acids is 1. The highest BCUT2D eigenvalue weighted by Crippen LogP contribution is 2.21. The molecule has 2 rings (SSSR count). The van der Waals surface area contributed by atoms with Gasteiger partial charge in [0.25, 0.3) is 0 Å². The van der Waals surface area contributed by atoms with E-state index in [9.17, 15) is 18.3 Å². The van der Waals surface area contributed by atoms with Gasteiger partial charge in [-0.15, -0.1) is 0 Å². The highest BCUT2D eigenvalue weighted by molar-refractivity contribution is 7.89. The summed E-state index contributed by atoms with van der Waals surface area (Å²) >= 11 is 5.78. The van der Waals surface area contributed by atoms with Crippen LogP contribution >= 0.6 is 11.6 Å². The molecule has 128 valence electrons. The Morgan fingerprint density at radius 3 is 2.29 bits per heavy atom. The maximum atomic E-state index is 12.7. The van der Waals surface area contributed by atoms with E-state index < -0.39 is 22.0 Å². The van der Waals surface area contributed by atoms with E-state index in [1.165, 1.54) is 31.3 Å². The Kier molecular flexibility index (Phi) is 5.64. The first kappa shape index (κ1) is 18.4. The van der Waals surface area contributed by atoms with Crippen molar-refractivity contribution in [1.29, 1.82) is 0 Å². The zero-order chi connectivity index (χ0) is 17.9. The lowest BCUT2D eigenvalue weighted by atomic mass is 10.0. The molecule has 7 heteroatoms. The Labute approximate surface area is 146 Å². The fourth-order valence-electron chi connectivity index (χ4n) is 2.36. The van der Waals surface area contributed by atoms with Crippen LogP contribution in [-0.2, 0) is 21.2 Å². The Morgan fingerprint density at radius 1 is 1.17 bits per heavy atom. The van der Waals surface area contributed by atoms with Crippen LogP contribution in [0.5, 0.6) is 0 Å². The predicted molar refractivity (Wildman–Crippen MR) is 92.7 cm³/mol. The maximum absolute atomic E-state index is 12.7. The number of aryl methyl sites for hydroxylation is 1. The van der Waals surface area contributed by atoms with E-state index in [4.69, 9.17) is 11.6 Å². The average molecular weight is 368 g/mol. The Bertz CT molecular complexity index is 834. The van der Waals surface area contributed by atoms with Crippen LogP contribution in [0, 0.1) is 6.92 Å². The molecule has 0 aliphatic heterocycles. The Balaban J connectivity index is 2.35. The van der Waals surface area contributed by atoms with Crippen molar-refractivity contribution in [2.45, 2.75) is 24.3 Å². The molecule has 0 saturated heterocycles. The fraction of sp³-hybridized carbons (Fsp3) is 0.235. The molecular weight excluding hydrogens is 350 g/mol. The highest BCUT2D eigenvalue weighted by atomic mass is 35.5. The van der Waals surface area contributed by atoms with Crippen molar-refractivity contribution in [3.05, 3.63) is 64.7 Å². The zero-order valence-corrected chi connectivity index (χ0v) is 14.9. The number of sulfonamides is 1. The lowest BCUT2D eigenvalue weighted by Crippen LogP contribution is -2.43. The largest absolute Gasteiger partial charge is 0.480 e.